The van der Waals surface area contributed by atoms with E-state index in [-0.39, 0.29) is 23.9 Å². The van der Waals surface area contributed by atoms with E-state index in [4.69, 9.17) is 11.6 Å². The minimum Gasteiger partial charge on any atom is -0.336 e. The Kier molecular flexibility index (Phi) is 6.84. The number of thioether (sulfide) groups is 1. The fourth-order valence-corrected chi connectivity index (χ4v) is 3.44. The Morgan fingerprint density at radius 1 is 1.38 bits per heavy atom. The lowest BCUT2D eigenvalue weighted by Crippen LogP contribution is -2.36. The molecule has 26 heavy (non-hydrogen) atoms. The molecular formula is C14H12ClF3N4O2S2. The summed E-state index contributed by atoms with van der Waals surface area (Å²) in [5.74, 6) is -0.886. The Balaban J connectivity index is 1.90. The molecule has 1 aromatic heterocycles. The Bertz CT molecular complexity index is 787. The molecule has 0 radical (unpaired) electrons. The van der Waals surface area contributed by atoms with Crippen LogP contribution in [-0.2, 0) is 15.8 Å². The number of amides is 2. The summed E-state index contributed by atoms with van der Waals surface area (Å²) in [7, 11) is 1.42. The van der Waals surface area contributed by atoms with Crippen molar-refractivity contribution < 1.29 is 22.8 Å². The number of hydrogen-bond acceptors (Lipinski definition) is 6. The van der Waals surface area contributed by atoms with E-state index in [9.17, 15) is 22.8 Å². The number of halogens is 4. The van der Waals surface area contributed by atoms with Crippen LogP contribution in [-0.4, -0.2) is 46.3 Å². The van der Waals surface area contributed by atoms with Gasteiger partial charge in [-0.1, -0.05) is 34.7 Å². The third kappa shape index (κ3) is 5.85. The van der Waals surface area contributed by atoms with Crippen LogP contribution in [0.15, 0.2) is 28.0 Å². The van der Waals surface area contributed by atoms with E-state index < -0.39 is 22.7 Å². The number of likely N-dealkylation sites (N-methyl/N-ethyl adjacent to an activating group) is 1. The minimum atomic E-state index is -4.63. The van der Waals surface area contributed by atoms with Crippen LogP contribution in [0.2, 0.25) is 5.02 Å². The highest BCUT2D eigenvalue weighted by Crippen LogP contribution is 2.36. The van der Waals surface area contributed by atoms with E-state index in [1.54, 1.807) is 0 Å². The van der Waals surface area contributed by atoms with Gasteiger partial charge in [0.15, 0.2) is 4.34 Å². The van der Waals surface area contributed by atoms with Gasteiger partial charge in [0, 0.05) is 12.7 Å². The summed E-state index contributed by atoms with van der Waals surface area (Å²) in [6, 6.07) is 3.05. The Labute approximate surface area is 159 Å². The molecule has 0 aliphatic carbocycles. The molecule has 0 bridgehead atoms. The molecular weight excluding hydrogens is 413 g/mol. The van der Waals surface area contributed by atoms with Gasteiger partial charge < -0.3 is 10.2 Å². The van der Waals surface area contributed by atoms with Crippen LogP contribution in [0.4, 0.5) is 18.9 Å². The molecule has 2 amide bonds. The van der Waals surface area contributed by atoms with Crippen LogP contribution in [0.3, 0.4) is 0 Å². The minimum absolute atomic E-state index is 0.0594. The number of anilines is 1. The lowest BCUT2D eigenvalue weighted by atomic mass is 10.2. The number of alkyl halides is 3. The first kappa shape index (κ1) is 20.5. The van der Waals surface area contributed by atoms with Crippen LogP contribution in [0.1, 0.15) is 5.56 Å². The smallest absolute Gasteiger partial charge is 0.336 e. The molecule has 2 aromatic rings. The summed E-state index contributed by atoms with van der Waals surface area (Å²) >= 11 is 7.99. The van der Waals surface area contributed by atoms with Gasteiger partial charge in [0.05, 0.1) is 22.9 Å². The molecule has 0 spiro atoms. The summed E-state index contributed by atoms with van der Waals surface area (Å²) < 4.78 is 39.1. The number of hydrogen-bond donors (Lipinski definition) is 1. The second kappa shape index (κ2) is 8.69. The van der Waals surface area contributed by atoms with E-state index in [1.165, 1.54) is 46.6 Å². The molecule has 0 unspecified atom stereocenters. The second-order valence-corrected chi connectivity index (χ2v) is 7.45. The normalized spacial score (nSPS) is 11.3. The van der Waals surface area contributed by atoms with Crippen molar-refractivity contribution in [2.45, 2.75) is 10.5 Å². The van der Waals surface area contributed by atoms with Gasteiger partial charge in [0.2, 0.25) is 11.8 Å². The molecule has 0 aliphatic heterocycles. The van der Waals surface area contributed by atoms with E-state index in [2.05, 4.69) is 15.5 Å². The van der Waals surface area contributed by atoms with E-state index in [0.717, 1.165) is 12.1 Å². The van der Waals surface area contributed by atoms with E-state index in [1.807, 2.05) is 0 Å². The standard InChI is InChI=1S/C14H12ClF3N4O2S2/c1-22(12(24)6-25-13-21-19-7-26-13)5-11(23)20-8-2-3-10(15)9(4-8)14(16,17)18/h2-4,7H,5-6H2,1H3,(H,20,23). The highest BCUT2D eigenvalue weighted by molar-refractivity contribution is 8.01. The highest BCUT2D eigenvalue weighted by atomic mass is 35.5. The molecule has 6 nitrogen and oxygen atoms in total. The topological polar surface area (TPSA) is 75.2 Å². The lowest BCUT2D eigenvalue weighted by Gasteiger charge is -2.17. The van der Waals surface area contributed by atoms with Gasteiger partial charge in [0.1, 0.15) is 5.51 Å². The summed E-state index contributed by atoms with van der Waals surface area (Å²) in [6.07, 6.45) is -4.63. The van der Waals surface area contributed by atoms with Crippen molar-refractivity contribution in [2.24, 2.45) is 0 Å². The molecule has 12 heteroatoms. The highest BCUT2D eigenvalue weighted by Gasteiger charge is 2.33. The van der Waals surface area contributed by atoms with E-state index >= 15 is 0 Å². The van der Waals surface area contributed by atoms with Crippen LogP contribution in [0.25, 0.3) is 0 Å². The molecule has 0 fully saturated rings. The van der Waals surface area contributed by atoms with Crippen LogP contribution in [0.5, 0.6) is 0 Å². The summed E-state index contributed by atoms with van der Waals surface area (Å²) in [6.45, 7) is -0.306. The van der Waals surface area contributed by atoms with Crippen molar-refractivity contribution in [3.63, 3.8) is 0 Å². The maximum atomic E-state index is 12.8. The monoisotopic (exact) mass is 424 g/mol. The summed E-state index contributed by atoms with van der Waals surface area (Å²) in [5.41, 5.74) is 0.427. The molecule has 140 valence electrons. The van der Waals surface area contributed by atoms with Crippen LogP contribution >= 0.6 is 34.7 Å². The lowest BCUT2D eigenvalue weighted by molar-refractivity contribution is -0.137. The maximum Gasteiger partial charge on any atom is 0.417 e. The molecule has 1 heterocycles. The van der Waals surface area contributed by atoms with Gasteiger partial charge in [-0.2, -0.15) is 13.2 Å². The number of nitrogens with zero attached hydrogens (tertiary/aromatic N) is 3. The number of nitrogens with one attached hydrogen (secondary N) is 1. The predicted molar refractivity (Wildman–Crippen MR) is 93.4 cm³/mol. The molecule has 1 N–H and O–H groups in total. The third-order valence-electron chi connectivity index (χ3n) is 3.02. The van der Waals surface area contributed by atoms with Crippen molar-refractivity contribution in [3.05, 3.63) is 34.3 Å². The average Bonchev–Trinajstić information content (AvgIpc) is 3.06. The number of benzene rings is 1. The van der Waals surface area contributed by atoms with Gasteiger partial charge in [-0.15, -0.1) is 10.2 Å². The third-order valence-corrected chi connectivity index (χ3v) is 5.20. The zero-order valence-corrected chi connectivity index (χ0v) is 15.6. The van der Waals surface area contributed by atoms with E-state index in [0.29, 0.717) is 4.34 Å². The van der Waals surface area contributed by atoms with Crippen molar-refractivity contribution in [2.75, 3.05) is 24.7 Å². The first-order chi connectivity index (χ1) is 12.2. The first-order valence-electron chi connectivity index (χ1n) is 6.96. The molecule has 0 saturated carbocycles. The largest absolute Gasteiger partial charge is 0.417 e. The molecule has 0 atom stereocenters. The van der Waals surface area contributed by atoms with Gasteiger partial charge in [-0.3, -0.25) is 9.59 Å². The van der Waals surface area contributed by atoms with Gasteiger partial charge >= 0.3 is 6.18 Å². The SMILES string of the molecule is CN(CC(=O)Nc1ccc(Cl)c(C(F)(F)F)c1)C(=O)CSc1nncs1. The van der Waals surface area contributed by atoms with Gasteiger partial charge in [0.25, 0.3) is 0 Å². The quantitative estimate of drug-likeness (QED) is 0.719. The molecule has 0 aliphatic rings. The Morgan fingerprint density at radius 2 is 2.12 bits per heavy atom. The fraction of sp³-hybridized carbons (Fsp3) is 0.286. The molecule has 1 aromatic carbocycles. The van der Waals surface area contributed by atoms with Crippen LogP contribution < -0.4 is 5.32 Å². The van der Waals surface area contributed by atoms with Gasteiger partial charge in [-0.25, -0.2) is 0 Å². The number of rotatable bonds is 6. The zero-order valence-electron chi connectivity index (χ0n) is 13.2. The summed E-state index contributed by atoms with van der Waals surface area (Å²) in [4.78, 5) is 25.1. The number of carbonyl (C=O) groups excluding carboxylic acids is 2. The summed E-state index contributed by atoms with van der Waals surface area (Å²) in [5, 5.41) is 9.28. The van der Waals surface area contributed by atoms with Crippen LogP contribution in [0, 0.1) is 0 Å². The fourth-order valence-electron chi connectivity index (χ4n) is 1.78. The average molecular weight is 425 g/mol. The maximum absolute atomic E-state index is 12.8. The molecule has 0 saturated heterocycles. The molecule has 2 rings (SSSR count). The van der Waals surface area contributed by atoms with Crippen molar-refractivity contribution >= 4 is 52.2 Å². The Morgan fingerprint density at radius 3 is 2.73 bits per heavy atom. The predicted octanol–water partition coefficient (Wildman–Crippen LogP) is 3.40. The Hall–Kier alpha value is -1.85. The van der Waals surface area contributed by atoms with Gasteiger partial charge in [-0.05, 0) is 18.2 Å². The van der Waals surface area contributed by atoms with Crippen molar-refractivity contribution in [3.8, 4) is 0 Å². The second-order valence-electron chi connectivity index (χ2n) is 4.98. The van der Waals surface area contributed by atoms with Crippen molar-refractivity contribution in [1.29, 1.82) is 0 Å². The first-order valence-corrected chi connectivity index (χ1v) is 9.20. The zero-order chi connectivity index (χ0) is 19.3. The number of aromatic nitrogens is 2. The van der Waals surface area contributed by atoms with Crippen molar-refractivity contribution in [1.82, 2.24) is 15.1 Å². The number of carbonyl (C=O) groups is 2.